The Morgan fingerprint density at radius 3 is 1.82 bits per heavy atom. The highest BCUT2D eigenvalue weighted by atomic mass is 16.6. The summed E-state index contributed by atoms with van der Waals surface area (Å²) in [6, 6.07) is 18.6. The van der Waals surface area contributed by atoms with Crippen molar-refractivity contribution < 1.29 is 43.0 Å². The molecule has 3 aromatic carbocycles. The molecule has 266 valence electrons. The third kappa shape index (κ3) is 14.0. The third-order valence-corrected chi connectivity index (χ3v) is 7.61. The Bertz CT molecular complexity index is 1570. The zero-order valence-corrected chi connectivity index (χ0v) is 28.5. The van der Waals surface area contributed by atoms with E-state index in [2.05, 4.69) is 13.2 Å². The fourth-order valence-corrected chi connectivity index (χ4v) is 4.89. The van der Waals surface area contributed by atoms with Gasteiger partial charge in [0, 0.05) is 12.2 Å². The molecule has 50 heavy (non-hydrogen) atoms. The fraction of sp³-hybridized carbons (Fsp3) is 0.359. The molecule has 0 spiro atoms. The molecular formula is C39H45NO10. The molecule has 0 unspecified atom stereocenters. The number of carbonyl (C=O) groups is 3. The van der Waals surface area contributed by atoms with Gasteiger partial charge in [-0.3, -0.25) is 10.1 Å². The molecule has 0 aliphatic carbocycles. The lowest BCUT2D eigenvalue weighted by Crippen LogP contribution is -2.13. The monoisotopic (exact) mass is 687 g/mol. The number of nitro groups is 1. The van der Waals surface area contributed by atoms with Gasteiger partial charge in [0.15, 0.2) is 5.75 Å². The summed E-state index contributed by atoms with van der Waals surface area (Å²) in [5.41, 5.74) is 1.83. The van der Waals surface area contributed by atoms with Crippen molar-refractivity contribution in [1.82, 2.24) is 0 Å². The molecule has 0 amide bonds. The van der Waals surface area contributed by atoms with Crippen molar-refractivity contribution in [1.29, 1.82) is 0 Å². The number of esters is 3. The predicted octanol–water partition coefficient (Wildman–Crippen LogP) is 8.60. The first-order valence-corrected chi connectivity index (χ1v) is 16.8. The lowest BCUT2D eigenvalue weighted by Gasteiger charge is -2.15. The molecule has 0 aliphatic heterocycles. The predicted molar refractivity (Wildman–Crippen MR) is 189 cm³/mol. The Morgan fingerprint density at radius 1 is 0.720 bits per heavy atom. The summed E-state index contributed by atoms with van der Waals surface area (Å²) in [4.78, 5) is 46.1. The number of rotatable bonds is 23. The highest BCUT2D eigenvalue weighted by molar-refractivity contribution is 5.91. The van der Waals surface area contributed by atoms with E-state index in [-0.39, 0.29) is 35.9 Å². The van der Waals surface area contributed by atoms with Crippen LogP contribution in [0.3, 0.4) is 0 Å². The van der Waals surface area contributed by atoms with Crippen LogP contribution in [0.5, 0.6) is 17.2 Å². The zero-order chi connectivity index (χ0) is 36.1. The first kappa shape index (κ1) is 39.0. The first-order valence-electron chi connectivity index (χ1n) is 16.8. The van der Waals surface area contributed by atoms with Crippen LogP contribution in [-0.2, 0) is 19.1 Å². The van der Waals surface area contributed by atoms with Gasteiger partial charge in [-0.05, 0) is 86.6 Å². The van der Waals surface area contributed by atoms with Crippen molar-refractivity contribution in [3.63, 3.8) is 0 Å². The fourth-order valence-electron chi connectivity index (χ4n) is 4.89. The Hall–Kier alpha value is -5.45. The molecule has 0 heterocycles. The number of ether oxygens (including phenoxy) is 5. The van der Waals surface area contributed by atoms with E-state index < -0.39 is 16.9 Å². The summed E-state index contributed by atoms with van der Waals surface area (Å²) in [5.74, 6) is -0.642. The Morgan fingerprint density at radius 2 is 1.24 bits per heavy atom. The topological polar surface area (TPSA) is 141 Å². The van der Waals surface area contributed by atoms with Crippen LogP contribution in [0, 0.1) is 10.1 Å². The second-order valence-corrected chi connectivity index (χ2v) is 11.5. The van der Waals surface area contributed by atoms with E-state index in [0.29, 0.717) is 38.0 Å². The molecule has 3 aromatic rings. The van der Waals surface area contributed by atoms with Gasteiger partial charge in [-0.1, -0.05) is 63.1 Å². The van der Waals surface area contributed by atoms with E-state index >= 15 is 0 Å². The van der Waals surface area contributed by atoms with Gasteiger partial charge >= 0.3 is 23.6 Å². The van der Waals surface area contributed by atoms with Crippen molar-refractivity contribution >= 4 is 23.6 Å². The minimum atomic E-state index is -0.650. The van der Waals surface area contributed by atoms with E-state index in [0.717, 1.165) is 61.5 Å². The molecule has 0 fully saturated rings. The molecule has 0 radical (unpaired) electrons. The van der Waals surface area contributed by atoms with Gasteiger partial charge in [0.1, 0.15) is 11.5 Å². The second-order valence-electron chi connectivity index (χ2n) is 11.5. The lowest BCUT2D eigenvalue weighted by atomic mass is 10.0. The quantitative estimate of drug-likeness (QED) is 0.0238. The third-order valence-electron chi connectivity index (χ3n) is 7.61. The molecule has 3 rings (SSSR count). The minimum absolute atomic E-state index is 0.0224. The van der Waals surface area contributed by atoms with Crippen LogP contribution < -0.4 is 14.2 Å². The summed E-state index contributed by atoms with van der Waals surface area (Å²) in [7, 11) is 0. The van der Waals surface area contributed by atoms with Gasteiger partial charge < -0.3 is 23.7 Å². The van der Waals surface area contributed by atoms with Crippen LogP contribution in [0.2, 0.25) is 0 Å². The maximum absolute atomic E-state index is 12.8. The number of hydrogen-bond donors (Lipinski definition) is 0. The average molecular weight is 688 g/mol. The van der Waals surface area contributed by atoms with Gasteiger partial charge in [-0.25, -0.2) is 14.4 Å². The molecule has 0 N–H and O–H groups in total. The van der Waals surface area contributed by atoms with Gasteiger partial charge in [0.05, 0.1) is 42.5 Å². The number of benzene rings is 3. The van der Waals surface area contributed by atoms with E-state index in [4.69, 9.17) is 23.7 Å². The van der Waals surface area contributed by atoms with Crippen molar-refractivity contribution in [3.8, 4) is 28.4 Å². The summed E-state index contributed by atoms with van der Waals surface area (Å²) in [5, 5.41) is 11.8. The molecular weight excluding hydrogens is 642 g/mol. The van der Waals surface area contributed by atoms with Crippen LogP contribution in [-0.4, -0.2) is 48.8 Å². The number of unbranched alkanes of at least 4 members (excludes halogenated alkanes) is 6. The number of nitrogens with zero attached hydrogens (tertiary/aromatic N) is 1. The largest absolute Gasteiger partial charge is 0.494 e. The van der Waals surface area contributed by atoms with E-state index in [9.17, 15) is 24.5 Å². The minimum Gasteiger partial charge on any atom is -0.494 e. The Labute approximate surface area is 293 Å². The van der Waals surface area contributed by atoms with Crippen molar-refractivity contribution in [2.75, 3.05) is 19.8 Å². The molecule has 11 heteroatoms. The molecule has 0 saturated heterocycles. The van der Waals surface area contributed by atoms with Crippen molar-refractivity contribution in [2.24, 2.45) is 0 Å². The van der Waals surface area contributed by atoms with E-state index in [1.54, 1.807) is 31.2 Å². The number of hydrogen-bond acceptors (Lipinski definition) is 10. The number of carbonyl (C=O) groups excluding carboxylic acids is 3. The Balaban J connectivity index is 1.42. The summed E-state index contributed by atoms with van der Waals surface area (Å²) >= 11 is 0. The normalized spacial score (nSPS) is 11.1. The summed E-state index contributed by atoms with van der Waals surface area (Å²) < 4.78 is 27.0. The second kappa shape index (κ2) is 21.5. The van der Waals surface area contributed by atoms with Gasteiger partial charge in [-0.2, -0.15) is 0 Å². The van der Waals surface area contributed by atoms with Gasteiger partial charge in [0.25, 0.3) is 0 Å². The first-order chi connectivity index (χ1) is 24.2. The average Bonchev–Trinajstić information content (AvgIpc) is 3.12. The van der Waals surface area contributed by atoms with Crippen LogP contribution in [0.1, 0.15) is 75.1 Å². The van der Waals surface area contributed by atoms with Crippen LogP contribution >= 0.6 is 0 Å². The summed E-state index contributed by atoms with van der Waals surface area (Å²) in [6.45, 7) is 9.83. The molecule has 0 saturated carbocycles. The zero-order valence-electron chi connectivity index (χ0n) is 28.5. The highest BCUT2D eigenvalue weighted by Gasteiger charge is 2.20. The molecule has 0 aliphatic rings. The molecule has 0 bridgehead atoms. The maximum Gasteiger partial charge on any atom is 0.343 e. The van der Waals surface area contributed by atoms with Crippen LogP contribution in [0.4, 0.5) is 5.69 Å². The van der Waals surface area contributed by atoms with E-state index in [1.807, 2.05) is 24.3 Å². The summed E-state index contributed by atoms with van der Waals surface area (Å²) in [6.07, 6.45) is 9.93. The van der Waals surface area contributed by atoms with Gasteiger partial charge in [-0.15, -0.1) is 0 Å². The Kier molecular flexibility index (Phi) is 16.8. The maximum atomic E-state index is 12.8. The van der Waals surface area contributed by atoms with Crippen molar-refractivity contribution in [2.45, 2.75) is 70.8 Å². The van der Waals surface area contributed by atoms with Crippen LogP contribution in [0.15, 0.2) is 92.0 Å². The standard InChI is InChI=1S/C39H45NO10/c1-4-37(41)47-26-12-9-7-6-8-11-25-46-33-21-19-31(20-22-33)30-15-17-32(18-16-30)39(43)50-34-23-24-36(35(28-34)40(44)45)49-29(3)14-10-13-27-48-38(42)5-2/h4-5,15-24,28-29H,1-2,6-14,25-27H2,3H3/t29-/m0/s1. The lowest BCUT2D eigenvalue weighted by molar-refractivity contribution is -0.386. The van der Waals surface area contributed by atoms with Crippen LogP contribution in [0.25, 0.3) is 11.1 Å². The van der Waals surface area contributed by atoms with Gasteiger partial charge in [0.2, 0.25) is 0 Å². The highest BCUT2D eigenvalue weighted by Crippen LogP contribution is 2.33. The smallest absolute Gasteiger partial charge is 0.343 e. The van der Waals surface area contributed by atoms with Crippen molar-refractivity contribution in [3.05, 3.63) is 108 Å². The molecule has 1 atom stereocenters. The SMILES string of the molecule is C=CC(=O)OCCCCCCCCOc1ccc(-c2ccc(C(=O)Oc3ccc(O[C@@H](C)CCCCOC(=O)C=C)c([N+](=O)[O-])c3)cc2)cc1. The van der Waals surface area contributed by atoms with E-state index in [1.165, 1.54) is 24.3 Å². The molecule has 0 aromatic heterocycles. The number of nitro benzene ring substituents is 1. The molecule has 11 nitrogen and oxygen atoms in total.